The van der Waals surface area contributed by atoms with Gasteiger partial charge in [0.1, 0.15) is 0 Å². The summed E-state index contributed by atoms with van der Waals surface area (Å²) in [5, 5.41) is 2.71. The lowest BCUT2D eigenvalue weighted by Gasteiger charge is -2.18. The highest BCUT2D eigenvalue weighted by Crippen LogP contribution is 2.44. The topological polar surface area (TPSA) is 12.9 Å². The van der Waals surface area contributed by atoms with Crippen LogP contribution < -0.4 is 0 Å². The predicted molar refractivity (Wildman–Crippen MR) is 135 cm³/mol. The maximum absolute atomic E-state index is 5.11. The highest BCUT2D eigenvalue weighted by atomic mass is 14.7. The molecule has 32 heavy (non-hydrogen) atoms. The van der Waals surface area contributed by atoms with Crippen molar-refractivity contribution >= 4 is 10.8 Å². The summed E-state index contributed by atoms with van der Waals surface area (Å²) in [5.74, 6) is 1.19. The maximum Gasteiger partial charge on any atom is 0.0783 e. The van der Waals surface area contributed by atoms with Crippen LogP contribution in [0.15, 0.2) is 60.8 Å². The van der Waals surface area contributed by atoms with E-state index < -0.39 is 0 Å². The Hall–Kier alpha value is -2.93. The van der Waals surface area contributed by atoms with Crippen LogP contribution in [0.3, 0.4) is 0 Å². The average molecular weight is 418 g/mol. The van der Waals surface area contributed by atoms with Crippen LogP contribution in [0, 0.1) is 6.92 Å². The second-order valence-corrected chi connectivity index (χ2v) is 10.2. The van der Waals surface area contributed by atoms with E-state index in [0.717, 1.165) is 18.0 Å². The first-order valence-corrected chi connectivity index (χ1v) is 12.2. The summed E-state index contributed by atoms with van der Waals surface area (Å²) in [6.07, 6.45) is 8.57. The Morgan fingerprint density at radius 1 is 0.844 bits per heavy atom. The molecule has 3 aromatic carbocycles. The number of nitrogens with zero attached hydrogens (tertiary/aromatic N) is 1. The number of pyridine rings is 1. The fourth-order valence-corrected chi connectivity index (χ4v) is 6.05. The first-order valence-electron chi connectivity index (χ1n) is 12.2. The van der Waals surface area contributed by atoms with Gasteiger partial charge in [-0.2, -0.15) is 0 Å². The Bertz CT molecular complexity index is 1340. The number of fused-ring (bicyclic) bond motifs is 4. The molecule has 0 bridgehead atoms. The molecule has 0 saturated heterocycles. The van der Waals surface area contributed by atoms with Gasteiger partial charge in [-0.3, -0.25) is 4.98 Å². The van der Waals surface area contributed by atoms with Gasteiger partial charge < -0.3 is 0 Å². The normalized spacial score (nSPS) is 15.5. The van der Waals surface area contributed by atoms with Gasteiger partial charge in [0.2, 0.25) is 0 Å². The first-order chi connectivity index (χ1) is 15.6. The molecule has 1 heteroatoms. The predicted octanol–water partition coefficient (Wildman–Crippen LogP) is 8.56. The molecular formula is C31H31N. The minimum Gasteiger partial charge on any atom is -0.255 e. The molecule has 0 N–H and O–H groups in total. The van der Waals surface area contributed by atoms with Crippen LogP contribution in [0.2, 0.25) is 0 Å². The molecule has 0 spiro atoms. The van der Waals surface area contributed by atoms with E-state index in [2.05, 4.69) is 81.6 Å². The van der Waals surface area contributed by atoms with Crippen molar-refractivity contribution in [1.29, 1.82) is 0 Å². The van der Waals surface area contributed by atoms with Crippen molar-refractivity contribution in [1.82, 2.24) is 4.98 Å². The van der Waals surface area contributed by atoms with Crippen LogP contribution >= 0.6 is 0 Å². The van der Waals surface area contributed by atoms with Crippen LogP contribution in [-0.4, -0.2) is 4.98 Å². The van der Waals surface area contributed by atoms with Crippen LogP contribution in [-0.2, 0) is 6.42 Å². The van der Waals surface area contributed by atoms with Gasteiger partial charge in [0, 0.05) is 17.1 Å². The van der Waals surface area contributed by atoms with E-state index in [9.17, 15) is 0 Å². The summed E-state index contributed by atoms with van der Waals surface area (Å²) in [6.45, 7) is 6.80. The molecular weight excluding hydrogens is 386 g/mol. The van der Waals surface area contributed by atoms with E-state index in [1.165, 1.54) is 81.0 Å². The fourth-order valence-electron chi connectivity index (χ4n) is 6.05. The summed E-state index contributed by atoms with van der Waals surface area (Å²) >= 11 is 0. The van der Waals surface area contributed by atoms with E-state index in [4.69, 9.17) is 4.98 Å². The van der Waals surface area contributed by atoms with Gasteiger partial charge >= 0.3 is 0 Å². The molecule has 2 aliphatic rings. The minimum atomic E-state index is 0.463. The van der Waals surface area contributed by atoms with Gasteiger partial charge in [0.15, 0.2) is 0 Å². The largest absolute Gasteiger partial charge is 0.255 e. The van der Waals surface area contributed by atoms with Crippen molar-refractivity contribution in [3.8, 4) is 22.4 Å². The second kappa shape index (κ2) is 7.59. The molecule has 1 aromatic heterocycles. The number of hydrogen-bond acceptors (Lipinski definition) is 1. The SMILES string of the molecule is Cc1cc2c(c(-c3ncc(C(C)C)c4cc(C5CCCC5)ccc34)c1)Cc1ccccc1-2. The van der Waals surface area contributed by atoms with E-state index in [0.29, 0.717) is 5.92 Å². The summed E-state index contributed by atoms with van der Waals surface area (Å²) in [4.78, 5) is 5.11. The van der Waals surface area contributed by atoms with Gasteiger partial charge in [-0.25, -0.2) is 0 Å². The average Bonchev–Trinajstić information content (AvgIpc) is 3.46. The molecule has 0 radical (unpaired) electrons. The molecule has 1 heterocycles. The lowest BCUT2D eigenvalue weighted by Crippen LogP contribution is -1.99. The quantitative estimate of drug-likeness (QED) is 0.286. The molecule has 0 atom stereocenters. The summed E-state index contributed by atoms with van der Waals surface area (Å²) in [6, 6.07) is 20.8. The molecule has 0 aliphatic heterocycles. The van der Waals surface area contributed by atoms with Crippen molar-refractivity contribution in [3.63, 3.8) is 0 Å². The third kappa shape index (κ3) is 3.10. The molecule has 0 amide bonds. The van der Waals surface area contributed by atoms with Gasteiger partial charge in [-0.1, -0.05) is 75.2 Å². The lowest BCUT2D eigenvalue weighted by atomic mass is 9.88. The molecule has 1 nitrogen and oxygen atoms in total. The van der Waals surface area contributed by atoms with Crippen LogP contribution in [0.5, 0.6) is 0 Å². The zero-order valence-corrected chi connectivity index (χ0v) is 19.4. The fraction of sp³-hybridized carbons (Fsp3) is 0.323. The van der Waals surface area contributed by atoms with Crippen molar-refractivity contribution in [2.45, 2.75) is 64.7 Å². The third-order valence-corrected chi connectivity index (χ3v) is 7.72. The van der Waals surface area contributed by atoms with Crippen LogP contribution in [0.4, 0.5) is 0 Å². The molecule has 6 rings (SSSR count). The molecule has 1 saturated carbocycles. The van der Waals surface area contributed by atoms with Crippen molar-refractivity contribution in [2.24, 2.45) is 0 Å². The number of hydrogen-bond donors (Lipinski definition) is 0. The number of benzene rings is 3. The Morgan fingerprint density at radius 2 is 1.62 bits per heavy atom. The van der Waals surface area contributed by atoms with Crippen LogP contribution in [0.25, 0.3) is 33.2 Å². The second-order valence-electron chi connectivity index (χ2n) is 10.2. The highest BCUT2D eigenvalue weighted by Gasteiger charge is 2.24. The zero-order chi connectivity index (χ0) is 21.8. The Balaban J connectivity index is 1.58. The standard InChI is InChI=1S/C31H31N/c1-19(2)30-18-32-31(25-13-12-22(16-27(25)30)21-8-4-5-9-21)29-15-20(3)14-26-24-11-7-6-10-23(24)17-28(26)29/h6-7,10-16,18-19,21H,4-5,8-9,17H2,1-3H3. The number of aromatic nitrogens is 1. The van der Waals surface area contributed by atoms with Crippen LogP contribution in [0.1, 0.15) is 79.2 Å². The third-order valence-electron chi connectivity index (χ3n) is 7.72. The Kier molecular flexibility index (Phi) is 4.68. The number of aryl methyl sites for hydroxylation is 1. The monoisotopic (exact) mass is 417 g/mol. The minimum absolute atomic E-state index is 0.463. The summed E-state index contributed by atoms with van der Waals surface area (Å²) in [7, 11) is 0. The van der Waals surface area contributed by atoms with Gasteiger partial charge in [0.25, 0.3) is 0 Å². The van der Waals surface area contributed by atoms with Gasteiger partial charge in [-0.15, -0.1) is 0 Å². The number of rotatable bonds is 3. The lowest BCUT2D eigenvalue weighted by molar-refractivity contribution is 0.724. The first kappa shape index (κ1) is 19.7. The zero-order valence-electron chi connectivity index (χ0n) is 19.4. The molecule has 4 aromatic rings. The van der Waals surface area contributed by atoms with Crippen molar-refractivity contribution < 1.29 is 0 Å². The van der Waals surface area contributed by atoms with Gasteiger partial charge in [0.05, 0.1) is 5.69 Å². The molecule has 1 fully saturated rings. The molecule has 160 valence electrons. The van der Waals surface area contributed by atoms with E-state index in [-0.39, 0.29) is 0 Å². The Morgan fingerprint density at radius 3 is 2.44 bits per heavy atom. The maximum atomic E-state index is 5.11. The Labute approximate surface area is 191 Å². The van der Waals surface area contributed by atoms with E-state index >= 15 is 0 Å². The van der Waals surface area contributed by atoms with E-state index in [1.54, 1.807) is 0 Å². The highest BCUT2D eigenvalue weighted by molar-refractivity contribution is 5.99. The smallest absolute Gasteiger partial charge is 0.0783 e. The van der Waals surface area contributed by atoms with E-state index in [1.807, 2.05) is 0 Å². The van der Waals surface area contributed by atoms with Crippen molar-refractivity contribution in [3.05, 3.63) is 88.6 Å². The summed E-state index contributed by atoms with van der Waals surface area (Å²) in [5.41, 5.74) is 12.3. The molecule has 0 unspecified atom stereocenters. The summed E-state index contributed by atoms with van der Waals surface area (Å²) < 4.78 is 0. The molecule has 2 aliphatic carbocycles. The van der Waals surface area contributed by atoms with Gasteiger partial charge in [-0.05, 0) is 88.4 Å². The van der Waals surface area contributed by atoms with Crippen molar-refractivity contribution in [2.75, 3.05) is 0 Å².